The average molecular weight is 394 g/mol. The molecule has 6 nitrogen and oxygen atoms in total. The van der Waals surface area contributed by atoms with Crippen molar-refractivity contribution in [3.8, 4) is 11.5 Å². The van der Waals surface area contributed by atoms with Gasteiger partial charge in [0.2, 0.25) is 0 Å². The fourth-order valence-electron chi connectivity index (χ4n) is 2.58. The highest BCUT2D eigenvalue weighted by molar-refractivity contribution is 5.88. The van der Waals surface area contributed by atoms with Crippen LogP contribution in [-0.2, 0) is 6.61 Å². The zero-order chi connectivity index (χ0) is 20.6. The molecule has 0 aliphatic carbocycles. The number of rotatable bonds is 8. The van der Waals surface area contributed by atoms with E-state index in [0.29, 0.717) is 28.3 Å². The van der Waals surface area contributed by atoms with Gasteiger partial charge in [0.1, 0.15) is 12.4 Å². The maximum atomic E-state index is 13.9. The van der Waals surface area contributed by atoms with Gasteiger partial charge in [-0.2, -0.15) is 5.10 Å². The van der Waals surface area contributed by atoms with E-state index >= 15 is 0 Å². The average Bonchev–Trinajstić information content (AvgIpc) is 2.74. The number of aromatic carboxylic acids is 1. The van der Waals surface area contributed by atoms with Crippen LogP contribution in [0.25, 0.3) is 0 Å². The number of anilines is 1. The van der Waals surface area contributed by atoms with Crippen molar-refractivity contribution >= 4 is 17.9 Å². The molecule has 0 fully saturated rings. The lowest BCUT2D eigenvalue weighted by Gasteiger charge is -2.13. The normalized spacial score (nSPS) is 10.7. The molecule has 0 unspecified atom stereocenters. The maximum Gasteiger partial charge on any atom is 0.335 e. The molecular formula is C22H19FN2O4. The van der Waals surface area contributed by atoms with Crippen LogP contribution in [0.4, 0.5) is 10.1 Å². The lowest BCUT2D eigenvalue weighted by Crippen LogP contribution is -2.03. The molecule has 0 bridgehead atoms. The highest BCUT2D eigenvalue weighted by Gasteiger charge is 2.11. The maximum absolute atomic E-state index is 13.9. The minimum absolute atomic E-state index is 0.0396. The van der Waals surface area contributed by atoms with Crippen LogP contribution < -0.4 is 14.9 Å². The third kappa shape index (κ3) is 5.10. The van der Waals surface area contributed by atoms with Crippen LogP contribution in [-0.4, -0.2) is 24.4 Å². The first-order chi connectivity index (χ1) is 14.1. The Morgan fingerprint density at radius 3 is 2.55 bits per heavy atom. The molecule has 3 aromatic carbocycles. The SMILES string of the molecule is COc1cccc(/C=N/Nc2ccc(C(=O)O)cc2)c1OCc1ccccc1F. The Morgan fingerprint density at radius 1 is 1.10 bits per heavy atom. The molecule has 0 aromatic heterocycles. The van der Waals surface area contributed by atoms with E-state index in [0.717, 1.165) is 0 Å². The van der Waals surface area contributed by atoms with Crippen LogP contribution in [0.1, 0.15) is 21.5 Å². The molecule has 0 heterocycles. The molecule has 3 rings (SSSR count). The predicted octanol–water partition coefficient (Wildman–Crippen LogP) is 4.56. The molecule has 0 atom stereocenters. The summed E-state index contributed by atoms with van der Waals surface area (Å²) in [6.07, 6.45) is 1.55. The first kappa shape index (κ1) is 19.9. The number of hydrazone groups is 1. The molecule has 3 aromatic rings. The van der Waals surface area contributed by atoms with Crippen molar-refractivity contribution in [3.63, 3.8) is 0 Å². The Balaban J connectivity index is 1.75. The lowest BCUT2D eigenvalue weighted by molar-refractivity contribution is 0.0697. The Kier molecular flexibility index (Phi) is 6.42. The van der Waals surface area contributed by atoms with Gasteiger partial charge in [0, 0.05) is 11.1 Å². The second-order valence-electron chi connectivity index (χ2n) is 6.01. The van der Waals surface area contributed by atoms with E-state index in [1.165, 1.54) is 25.3 Å². The lowest BCUT2D eigenvalue weighted by atomic mass is 10.2. The Morgan fingerprint density at radius 2 is 1.86 bits per heavy atom. The summed E-state index contributed by atoms with van der Waals surface area (Å²) in [5.41, 5.74) is 4.71. The van der Waals surface area contributed by atoms with Gasteiger partial charge in [0.15, 0.2) is 11.5 Å². The fraction of sp³-hybridized carbons (Fsp3) is 0.0909. The van der Waals surface area contributed by atoms with Gasteiger partial charge >= 0.3 is 5.97 Å². The molecule has 0 radical (unpaired) electrons. The molecule has 148 valence electrons. The number of carbonyl (C=O) groups is 1. The fourth-order valence-corrected chi connectivity index (χ4v) is 2.58. The summed E-state index contributed by atoms with van der Waals surface area (Å²) in [5.74, 6) is -0.404. The highest BCUT2D eigenvalue weighted by atomic mass is 19.1. The van der Waals surface area contributed by atoms with Crippen LogP contribution in [0.3, 0.4) is 0 Å². The Bertz CT molecular complexity index is 1020. The first-order valence-corrected chi connectivity index (χ1v) is 8.74. The number of nitrogens with one attached hydrogen (secondary N) is 1. The van der Waals surface area contributed by atoms with E-state index in [1.807, 2.05) is 0 Å². The van der Waals surface area contributed by atoms with E-state index in [2.05, 4.69) is 10.5 Å². The van der Waals surface area contributed by atoms with Crippen LogP contribution in [0, 0.1) is 5.82 Å². The molecule has 0 saturated heterocycles. The molecule has 7 heteroatoms. The van der Waals surface area contributed by atoms with Gasteiger partial charge in [-0.1, -0.05) is 24.3 Å². The molecular weight excluding hydrogens is 375 g/mol. The number of halogens is 1. The second-order valence-corrected chi connectivity index (χ2v) is 6.01. The van der Waals surface area contributed by atoms with Gasteiger partial charge in [-0.15, -0.1) is 0 Å². The number of methoxy groups -OCH3 is 1. The molecule has 0 spiro atoms. The second kappa shape index (κ2) is 9.36. The van der Waals surface area contributed by atoms with Gasteiger partial charge in [0.05, 0.1) is 24.6 Å². The summed E-state index contributed by atoms with van der Waals surface area (Å²) in [7, 11) is 1.52. The number of hydrogen-bond acceptors (Lipinski definition) is 5. The summed E-state index contributed by atoms with van der Waals surface area (Å²) >= 11 is 0. The molecule has 0 aliphatic heterocycles. The summed E-state index contributed by atoms with van der Waals surface area (Å²) in [6.45, 7) is 0.0396. The van der Waals surface area contributed by atoms with E-state index in [-0.39, 0.29) is 18.0 Å². The predicted molar refractivity (Wildman–Crippen MR) is 108 cm³/mol. The van der Waals surface area contributed by atoms with Gasteiger partial charge < -0.3 is 14.6 Å². The summed E-state index contributed by atoms with van der Waals surface area (Å²) < 4.78 is 25.0. The van der Waals surface area contributed by atoms with Crippen molar-refractivity contribution in [1.82, 2.24) is 0 Å². The van der Waals surface area contributed by atoms with E-state index in [1.54, 1.807) is 54.7 Å². The largest absolute Gasteiger partial charge is 0.493 e. The number of carboxylic acids is 1. The molecule has 0 amide bonds. The van der Waals surface area contributed by atoms with Crippen molar-refractivity contribution in [2.45, 2.75) is 6.61 Å². The number of nitrogens with zero attached hydrogens (tertiary/aromatic N) is 1. The van der Waals surface area contributed by atoms with Crippen molar-refractivity contribution in [3.05, 3.63) is 89.2 Å². The topological polar surface area (TPSA) is 80.2 Å². The van der Waals surface area contributed by atoms with Gasteiger partial charge in [-0.25, -0.2) is 9.18 Å². The Hall–Kier alpha value is -3.87. The number of benzene rings is 3. The van der Waals surface area contributed by atoms with Gasteiger partial charge in [-0.05, 0) is 42.5 Å². The zero-order valence-corrected chi connectivity index (χ0v) is 15.6. The van der Waals surface area contributed by atoms with Crippen LogP contribution in [0.15, 0.2) is 71.8 Å². The number of ether oxygens (including phenoxy) is 2. The molecule has 2 N–H and O–H groups in total. The van der Waals surface area contributed by atoms with Crippen LogP contribution in [0.5, 0.6) is 11.5 Å². The summed E-state index contributed by atoms with van der Waals surface area (Å²) in [5, 5.41) is 13.1. The minimum Gasteiger partial charge on any atom is -0.493 e. The van der Waals surface area contributed by atoms with Gasteiger partial charge in [0.25, 0.3) is 0 Å². The highest BCUT2D eigenvalue weighted by Crippen LogP contribution is 2.31. The number of hydrogen-bond donors (Lipinski definition) is 2. The van der Waals surface area contributed by atoms with Crippen LogP contribution >= 0.6 is 0 Å². The standard InChI is InChI=1S/C22H19FN2O4/c1-28-20-8-4-6-16(21(20)29-14-17-5-2-3-7-19(17)23)13-24-25-18-11-9-15(10-12-18)22(26)27/h2-13,25H,14H2,1H3,(H,26,27)/b24-13+. The molecule has 0 saturated carbocycles. The van der Waals surface area contributed by atoms with Gasteiger partial charge in [-0.3, -0.25) is 5.43 Å². The Labute approximate surface area is 167 Å². The van der Waals surface area contributed by atoms with E-state index < -0.39 is 5.97 Å². The third-order valence-corrected chi connectivity index (χ3v) is 4.09. The van der Waals surface area contributed by atoms with Crippen molar-refractivity contribution in [2.75, 3.05) is 12.5 Å². The molecule has 29 heavy (non-hydrogen) atoms. The number of carboxylic acid groups (broad SMARTS) is 1. The monoisotopic (exact) mass is 394 g/mol. The molecule has 0 aliphatic rings. The third-order valence-electron chi connectivity index (χ3n) is 4.09. The van der Waals surface area contributed by atoms with Crippen LogP contribution in [0.2, 0.25) is 0 Å². The van der Waals surface area contributed by atoms with Crippen molar-refractivity contribution < 1.29 is 23.8 Å². The van der Waals surface area contributed by atoms with E-state index in [4.69, 9.17) is 14.6 Å². The first-order valence-electron chi connectivity index (χ1n) is 8.74. The van der Waals surface area contributed by atoms with Crippen molar-refractivity contribution in [2.24, 2.45) is 5.10 Å². The minimum atomic E-state index is -0.993. The van der Waals surface area contributed by atoms with Crippen molar-refractivity contribution in [1.29, 1.82) is 0 Å². The smallest absolute Gasteiger partial charge is 0.335 e. The summed E-state index contributed by atoms with van der Waals surface area (Å²) in [4.78, 5) is 10.9. The van der Waals surface area contributed by atoms with E-state index in [9.17, 15) is 9.18 Å². The summed E-state index contributed by atoms with van der Waals surface area (Å²) in [6, 6.07) is 17.9. The quantitative estimate of drug-likeness (QED) is 0.433. The zero-order valence-electron chi connectivity index (χ0n) is 15.6. The number of para-hydroxylation sites is 1.